The summed E-state index contributed by atoms with van der Waals surface area (Å²) in [6.07, 6.45) is 0.689. The minimum absolute atomic E-state index is 0.228. The molecule has 3 aromatic rings. The van der Waals surface area contributed by atoms with Crippen LogP contribution in [0.4, 0.5) is 10.5 Å². The Bertz CT molecular complexity index is 862. The molecule has 0 unspecified atom stereocenters. The maximum absolute atomic E-state index is 12.1. The van der Waals surface area contributed by atoms with E-state index in [0.717, 1.165) is 16.5 Å². The number of carbonyl (C=O) groups is 1. The fourth-order valence-electron chi connectivity index (χ4n) is 2.52. The minimum Gasteiger partial charge on any atom is -0.492 e. The monoisotopic (exact) mass is 354 g/mol. The number of halogens is 1. The number of nitrogens with one attached hydrogen (secondary N) is 2. The van der Waals surface area contributed by atoms with Gasteiger partial charge in [-0.3, -0.25) is 0 Å². The summed E-state index contributed by atoms with van der Waals surface area (Å²) in [5.41, 5.74) is 0.794. The molecule has 0 bridgehead atoms. The van der Waals surface area contributed by atoms with Crippen LogP contribution in [-0.4, -0.2) is 19.2 Å². The van der Waals surface area contributed by atoms with Gasteiger partial charge in [0.2, 0.25) is 0 Å². The summed E-state index contributed by atoms with van der Waals surface area (Å²) in [6.45, 7) is 0.999. The summed E-state index contributed by atoms with van der Waals surface area (Å²) in [7, 11) is 0. The normalized spacial score (nSPS) is 10.4. The third-order valence-electron chi connectivity index (χ3n) is 3.74. The SMILES string of the molecule is O=C(NCCCOc1ccccc1Cl)Nc1cccc2ccccc12. The van der Waals surface area contributed by atoms with Gasteiger partial charge in [0.1, 0.15) is 5.75 Å². The summed E-state index contributed by atoms with van der Waals surface area (Å²) in [4.78, 5) is 12.1. The zero-order valence-corrected chi connectivity index (χ0v) is 14.4. The van der Waals surface area contributed by atoms with Crippen LogP contribution in [0.25, 0.3) is 10.8 Å². The second kappa shape index (κ2) is 8.40. The predicted octanol–water partition coefficient (Wildman–Crippen LogP) is 5.08. The van der Waals surface area contributed by atoms with Gasteiger partial charge in [-0.1, -0.05) is 60.1 Å². The zero-order chi connectivity index (χ0) is 17.5. The lowest BCUT2D eigenvalue weighted by molar-refractivity contribution is 0.250. The number of amides is 2. The standard InChI is InChI=1S/C20H19ClN2O2/c21-17-10-3-4-12-19(17)25-14-6-13-22-20(24)23-18-11-5-8-15-7-1-2-9-16(15)18/h1-5,7-12H,6,13-14H2,(H2,22,23,24). The van der Waals surface area contributed by atoms with Crippen molar-refractivity contribution in [3.05, 3.63) is 71.8 Å². The van der Waals surface area contributed by atoms with E-state index in [4.69, 9.17) is 16.3 Å². The van der Waals surface area contributed by atoms with E-state index in [-0.39, 0.29) is 6.03 Å². The van der Waals surface area contributed by atoms with Gasteiger partial charge >= 0.3 is 6.03 Å². The first kappa shape index (κ1) is 17.1. The molecule has 0 saturated carbocycles. The van der Waals surface area contributed by atoms with Crippen LogP contribution in [0.2, 0.25) is 5.02 Å². The zero-order valence-electron chi connectivity index (χ0n) is 13.7. The molecule has 0 aliphatic rings. The van der Waals surface area contributed by atoms with Crippen molar-refractivity contribution in [1.29, 1.82) is 0 Å². The highest BCUT2D eigenvalue weighted by molar-refractivity contribution is 6.32. The maximum Gasteiger partial charge on any atom is 0.319 e. The van der Waals surface area contributed by atoms with E-state index in [9.17, 15) is 4.79 Å². The molecule has 0 heterocycles. The van der Waals surface area contributed by atoms with Gasteiger partial charge in [-0.15, -0.1) is 0 Å². The average Bonchev–Trinajstić information content (AvgIpc) is 2.63. The quantitative estimate of drug-likeness (QED) is 0.606. The first-order chi connectivity index (χ1) is 12.2. The van der Waals surface area contributed by atoms with Crippen LogP contribution in [0.1, 0.15) is 6.42 Å². The molecule has 2 amide bonds. The molecule has 0 aromatic heterocycles. The number of hydrogen-bond donors (Lipinski definition) is 2. The van der Waals surface area contributed by atoms with Crippen molar-refractivity contribution in [3.63, 3.8) is 0 Å². The van der Waals surface area contributed by atoms with Crippen molar-refractivity contribution in [3.8, 4) is 5.75 Å². The van der Waals surface area contributed by atoms with Gasteiger partial charge in [0, 0.05) is 11.9 Å². The largest absolute Gasteiger partial charge is 0.492 e. The Morgan fingerprint density at radius 2 is 1.72 bits per heavy atom. The summed E-state index contributed by atoms with van der Waals surface area (Å²) in [5, 5.41) is 8.42. The van der Waals surface area contributed by atoms with Gasteiger partial charge < -0.3 is 15.4 Å². The lowest BCUT2D eigenvalue weighted by atomic mass is 10.1. The Kier molecular flexibility index (Phi) is 5.75. The molecule has 0 saturated heterocycles. The van der Waals surface area contributed by atoms with E-state index in [1.54, 1.807) is 6.07 Å². The van der Waals surface area contributed by atoms with Gasteiger partial charge in [0.25, 0.3) is 0 Å². The third kappa shape index (κ3) is 4.64. The van der Waals surface area contributed by atoms with Crippen LogP contribution in [0.15, 0.2) is 66.7 Å². The van der Waals surface area contributed by atoms with Crippen LogP contribution in [0.3, 0.4) is 0 Å². The second-order valence-corrected chi connectivity index (χ2v) is 5.95. The molecule has 4 nitrogen and oxygen atoms in total. The van der Waals surface area contributed by atoms with Crippen molar-refractivity contribution >= 4 is 34.1 Å². The molecule has 128 valence electrons. The number of hydrogen-bond acceptors (Lipinski definition) is 2. The molecule has 0 fully saturated rings. The van der Waals surface area contributed by atoms with Crippen molar-refractivity contribution < 1.29 is 9.53 Å². The molecule has 2 N–H and O–H groups in total. The van der Waals surface area contributed by atoms with E-state index in [0.29, 0.717) is 30.3 Å². The Labute approximate surface area is 151 Å². The van der Waals surface area contributed by atoms with Gasteiger partial charge in [-0.05, 0) is 30.0 Å². The van der Waals surface area contributed by atoms with Crippen LogP contribution >= 0.6 is 11.6 Å². The molecule has 0 aliphatic heterocycles. The predicted molar refractivity (Wildman–Crippen MR) is 103 cm³/mol. The fourth-order valence-corrected chi connectivity index (χ4v) is 2.71. The highest BCUT2D eigenvalue weighted by Gasteiger charge is 2.05. The van der Waals surface area contributed by atoms with Gasteiger partial charge in [-0.25, -0.2) is 4.79 Å². The van der Waals surface area contributed by atoms with Gasteiger partial charge in [0.05, 0.1) is 17.3 Å². The number of para-hydroxylation sites is 1. The number of anilines is 1. The molecule has 0 atom stereocenters. The molecule has 5 heteroatoms. The van der Waals surface area contributed by atoms with E-state index in [2.05, 4.69) is 10.6 Å². The molecular weight excluding hydrogens is 336 g/mol. The van der Waals surface area contributed by atoms with Gasteiger partial charge in [0.15, 0.2) is 0 Å². The molecule has 3 rings (SSSR count). The maximum atomic E-state index is 12.1. The average molecular weight is 355 g/mol. The molecular formula is C20H19ClN2O2. The number of urea groups is 1. The third-order valence-corrected chi connectivity index (χ3v) is 4.05. The van der Waals surface area contributed by atoms with E-state index in [1.165, 1.54) is 0 Å². The van der Waals surface area contributed by atoms with Crippen LogP contribution < -0.4 is 15.4 Å². The molecule has 0 spiro atoms. The van der Waals surface area contributed by atoms with Crippen molar-refractivity contribution in [2.45, 2.75) is 6.42 Å². The smallest absolute Gasteiger partial charge is 0.319 e. The van der Waals surface area contributed by atoms with Crippen molar-refractivity contribution in [2.75, 3.05) is 18.5 Å². The summed E-state index contributed by atoms with van der Waals surface area (Å²) in [6, 6.07) is 20.9. The van der Waals surface area contributed by atoms with Crippen LogP contribution in [0, 0.1) is 0 Å². The number of benzene rings is 3. The molecule has 3 aromatic carbocycles. The van der Waals surface area contributed by atoms with Gasteiger partial charge in [-0.2, -0.15) is 0 Å². The highest BCUT2D eigenvalue weighted by atomic mass is 35.5. The summed E-state index contributed by atoms with van der Waals surface area (Å²) in [5.74, 6) is 0.657. The Balaban J connectivity index is 1.44. The van der Waals surface area contributed by atoms with Crippen LogP contribution in [-0.2, 0) is 0 Å². The lowest BCUT2D eigenvalue weighted by Gasteiger charge is -2.11. The summed E-state index contributed by atoms with van der Waals surface area (Å²) < 4.78 is 5.59. The topological polar surface area (TPSA) is 50.4 Å². The van der Waals surface area contributed by atoms with Crippen LogP contribution in [0.5, 0.6) is 5.75 Å². The van der Waals surface area contributed by atoms with Crippen molar-refractivity contribution in [1.82, 2.24) is 5.32 Å². The number of rotatable bonds is 6. The fraction of sp³-hybridized carbons (Fsp3) is 0.150. The molecule has 0 aliphatic carbocycles. The Hall–Kier alpha value is -2.72. The molecule has 25 heavy (non-hydrogen) atoms. The van der Waals surface area contributed by atoms with Crippen molar-refractivity contribution in [2.24, 2.45) is 0 Å². The Morgan fingerprint density at radius 3 is 2.60 bits per heavy atom. The Morgan fingerprint density at radius 1 is 0.960 bits per heavy atom. The summed E-state index contributed by atoms with van der Waals surface area (Å²) >= 11 is 6.02. The second-order valence-electron chi connectivity index (χ2n) is 5.54. The number of carbonyl (C=O) groups excluding carboxylic acids is 1. The van der Waals surface area contributed by atoms with E-state index < -0.39 is 0 Å². The molecule has 0 radical (unpaired) electrons. The lowest BCUT2D eigenvalue weighted by Crippen LogP contribution is -2.30. The highest BCUT2D eigenvalue weighted by Crippen LogP contribution is 2.23. The first-order valence-electron chi connectivity index (χ1n) is 8.14. The first-order valence-corrected chi connectivity index (χ1v) is 8.52. The van der Waals surface area contributed by atoms with E-state index >= 15 is 0 Å². The minimum atomic E-state index is -0.228. The van der Waals surface area contributed by atoms with E-state index in [1.807, 2.05) is 60.7 Å². The number of ether oxygens (including phenoxy) is 1. The number of fused-ring (bicyclic) bond motifs is 1.